The summed E-state index contributed by atoms with van der Waals surface area (Å²) in [7, 11) is 3.45. The smallest absolute Gasteiger partial charge is 0.121 e. The highest BCUT2D eigenvalue weighted by molar-refractivity contribution is 7.99. The lowest BCUT2D eigenvalue weighted by Gasteiger charge is -2.24. The fourth-order valence-corrected chi connectivity index (χ4v) is 5.28. The highest BCUT2D eigenvalue weighted by atomic mass is 32.2. The highest BCUT2D eigenvalue weighted by Gasteiger charge is 2.24. The maximum Gasteiger partial charge on any atom is 0.121 e. The van der Waals surface area contributed by atoms with Crippen LogP contribution in [0.4, 0.5) is 5.69 Å². The van der Waals surface area contributed by atoms with Crippen molar-refractivity contribution in [3.8, 4) is 11.5 Å². The van der Waals surface area contributed by atoms with E-state index in [0.29, 0.717) is 5.25 Å². The summed E-state index contributed by atoms with van der Waals surface area (Å²) in [6.07, 6.45) is 1.05. The first-order valence-corrected chi connectivity index (χ1v) is 11.1. The molecule has 0 amide bonds. The van der Waals surface area contributed by atoms with E-state index in [1.807, 2.05) is 30.8 Å². The Morgan fingerprint density at radius 1 is 1.03 bits per heavy atom. The Balaban J connectivity index is 1.67. The second-order valence-electron chi connectivity index (χ2n) is 7.65. The number of nitrogens with zero attached hydrogens (tertiary/aromatic N) is 2. The van der Waals surface area contributed by atoms with Gasteiger partial charge in [-0.25, -0.2) is 0 Å². The van der Waals surface area contributed by atoms with Crippen LogP contribution in [-0.2, 0) is 6.54 Å². The molecule has 0 saturated heterocycles. The van der Waals surface area contributed by atoms with Crippen LogP contribution in [0.1, 0.15) is 34.2 Å². The van der Waals surface area contributed by atoms with E-state index in [1.54, 1.807) is 14.2 Å². The van der Waals surface area contributed by atoms with Crippen LogP contribution in [0, 0.1) is 13.8 Å². The summed E-state index contributed by atoms with van der Waals surface area (Å²) in [5, 5.41) is 0.371. The van der Waals surface area contributed by atoms with Gasteiger partial charge in [-0.3, -0.25) is 4.98 Å². The molecule has 156 valence electrons. The van der Waals surface area contributed by atoms with Crippen LogP contribution in [0.5, 0.6) is 11.5 Å². The van der Waals surface area contributed by atoms with Crippen molar-refractivity contribution < 1.29 is 9.47 Å². The average Bonchev–Trinajstić information content (AvgIpc) is 2.93. The Morgan fingerprint density at radius 3 is 2.63 bits per heavy atom. The monoisotopic (exact) mass is 420 g/mol. The third kappa shape index (κ3) is 4.41. The van der Waals surface area contributed by atoms with Crippen molar-refractivity contribution in [2.75, 3.05) is 25.7 Å². The summed E-state index contributed by atoms with van der Waals surface area (Å²) >= 11 is 1.92. The molecule has 1 aliphatic rings. The number of anilines is 1. The van der Waals surface area contributed by atoms with Crippen molar-refractivity contribution in [3.05, 3.63) is 77.1 Å². The molecule has 0 saturated carbocycles. The largest absolute Gasteiger partial charge is 0.497 e. The Bertz CT molecular complexity index is 1040. The standard InChI is InChI=1S/C25H28N2O2S/c1-17-14-19(8-11-23(17)29-4)24-12-13-27(16-20-7-5-6-18(2)26-20)22-10-9-21(28-3)15-25(22)30-24/h5-11,14-15,24H,12-13,16H2,1-4H3/t24-/m0/s1. The van der Waals surface area contributed by atoms with Crippen LogP contribution >= 0.6 is 11.8 Å². The van der Waals surface area contributed by atoms with Gasteiger partial charge in [-0.05, 0) is 67.8 Å². The molecule has 2 heterocycles. The van der Waals surface area contributed by atoms with Gasteiger partial charge in [0.25, 0.3) is 0 Å². The molecule has 0 bridgehead atoms. The molecule has 4 nitrogen and oxygen atoms in total. The molecule has 3 aromatic rings. The number of thioether (sulfide) groups is 1. The van der Waals surface area contributed by atoms with Gasteiger partial charge in [0.2, 0.25) is 0 Å². The lowest BCUT2D eigenvalue weighted by molar-refractivity contribution is 0.411. The second-order valence-corrected chi connectivity index (χ2v) is 8.89. The van der Waals surface area contributed by atoms with E-state index >= 15 is 0 Å². The Kier molecular flexibility index (Phi) is 6.18. The Hall–Kier alpha value is -2.66. The van der Waals surface area contributed by atoms with E-state index in [9.17, 15) is 0 Å². The van der Waals surface area contributed by atoms with Crippen molar-refractivity contribution in [2.45, 2.75) is 37.0 Å². The van der Waals surface area contributed by atoms with Gasteiger partial charge in [-0.1, -0.05) is 18.2 Å². The van der Waals surface area contributed by atoms with Crippen molar-refractivity contribution >= 4 is 17.4 Å². The molecule has 1 aliphatic heterocycles. The molecular formula is C25H28N2O2S. The molecule has 5 heteroatoms. The molecule has 1 atom stereocenters. The van der Waals surface area contributed by atoms with E-state index in [2.05, 4.69) is 54.3 Å². The van der Waals surface area contributed by atoms with Crippen LogP contribution in [0.3, 0.4) is 0 Å². The third-order valence-electron chi connectivity index (χ3n) is 5.53. The molecule has 0 N–H and O–H groups in total. The van der Waals surface area contributed by atoms with Gasteiger partial charge < -0.3 is 14.4 Å². The molecule has 30 heavy (non-hydrogen) atoms. The molecule has 0 radical (unpaired) electrons. The minimum Gasteiger partial charge on any atom is -0.497 e. The van der Waals surface area contributed by atoms with Gasteiger partial charge in [0.15, 0.2) is 0 Å². The Labute approximate surface area is 183 Å². The molecular weight excluding hydrogens is 392 g/mol. The number of pyridine rings is 1. The van der Waals surface area contributed by atoms with Crippen molar-refractivity contribution in [1.82, 2.24) is 4.98 Å². The normalized spacial score (nSPS) is 16.0. The first kappa shape index (κ1) is 20.6. The van der Waals surface area contributed by atoms with Gasteiger partial charge in [0.1, 0.15) is 11.5 Å². The first-order valence-electron chi connectivity index (χ1n) is 10.2. The van der Waals surface area contributed by atoms with Gasteiger partial charge in [-0.15, -0.1) is 11.8 Å². The van der Waals surface area contributed by atoms with Gasteiger partial charge in [0.05, 0.1) is 32.1 Å². The molecule has 4 rings (SSSR count). The fourth-order valence-electron chi connectivity index (χ4n) is 3.97. The highest BCUT2D eigenvalue weighted by Crippen LogP contribution is 2.47. The summed E-state index contributed by atoms with van der Waals surface area (Å²) in [4.78, 5) is 8.42. The van der Waals surface area contributed by atoms with Crippen molar-refractivity contribution in [2.24, 2.45) is 0 Å². The van der Waals surface area contributed by atoms with E-state index < -0.39 is 0 Å². The number of fused-ring (bicyclic) bond motifs is 1. The number of hydrogen-bond donors (Lipinski definition) is 0. The second kappa shape index (κ2) is 9.00. The maximum absolute atomic E-state index is 5.52. The van der Waals surface area contributed by atoms with Crippen LogP contribution in [0.15, 0.2) is 59.5 Å². The number of aryl methyl sites for hydroxylation is 2. The average molecular weight is 421 g/mol. The zero-order valence-corrected chi connectivity index (χ0v) is 18.8. The van der Waals surface area contributed by atoms with E-state index in [-0.39, 0.29) is 0 Å². The van der Waals surface area contributed by atoms with Crippen molar-refractivity contribution in [1.29, 1.82) is 0 Å². The quantitative estimate of drug-likeness (QED) is 0.509. The van der Waals surface area contributed by atoms with Gasteiger partial charge in [0, 0.05) is 22.4 Å². The van der Waals surface area contributed by atoms with E-state index in [0.717, 1.165) is 42.4 Å². The summed E-state index contributed by atoms with van der Waals surface area (Å²) in [6.45, 7) is 5.92. The fraction of sp³-hybridized carbons (Fsp3) is 0.320. The maximum atomic E-state index is 5.52. The predicted molar refractivity (Wildman–Crippen MR) is 124 cm³/mol. The summed E-state index contributed by atoms with van der Waals surface area (Å²) in [5.74, 6) is 1.83. The van der Waals surface area contributed by atoms with Crippen LogP contribution < -0.4 is 14.4 Å². The predicted octanol–water partition coefficient (Wildman–Crippen LogP) is 5.96. The lowest BCUT2D eigenvalue weighted by Crippen LogP contribution is -2.24. The van der Waals surface area contributed by atoms with Crippen LogP contribution in [-0.4, -0.2) is 25.7 Å². The number of aromatic nitrogens is 1. The molecule has 0 unspecified atom stereocenters. The summed E-state index contributed by atoms with van der Waals surface area (Å²) in [6, 6.07) is 19.2. The molecule has 0 spiro atoms. The number of rotatable bonds is 5. The summed E-state index contributed by atoms with van der Waals surface area (Å²) < 4.78 is 11.0. The van der Waals surface area contributed by atoms with E-state index in [4.69, 9.17) is 14.5 Å². The van der Waals surface area contributed by atoms with Gasteiger partial charge >= 0.3 is 0 Å². The zero-order valence-electron chi connectivity index (χ0n) is 18.0. The van der Waals surface area contributed by atoms with Crippen LogP contribution in [0.2, 0.25) is 0 Å². The molecule has 0 fully saturated rings. The van der Waals surface area contributed by atoms with Gasteiger partial charge in [-0.2, -0.15) is 0 Å². The summed E-state index contributed by atoms with van der Waals surface area (Å²) in [5.41, 5.74) is 5.91. The molecule has 0 aliphatic carbocycles. The minimum atomic E-state index is 0.371. The lowest BCUT2D eigenvalue weighted by atomic mass is 10.1. The number of methoxy groups -OCH3 is 2. The van der Waals surface area contributed by atoms with Crippen molar-refractivity contribution in [3.63, 3.8) is 0 Å². The minimum absolute atomic E-state index is 0.371. The van der Waals surface area contributed by atoms with Crippen LogP contribution in [0.25, 0.3) is 0 Å². The SMILES string of the molecule is COc1ccc2c(c1)S[C@H](c1ccc(OC)c(C)c1)CCN2Cc1cccc(C)n1. The first-order chi connectivity index (χ1) is 14.6. The molecule has 2 aromatic carbocycles. The zero-order chi connectivity index (χ0) is 21.1. The number of ether oxygens (including phenoxy) is 2. The number of hydrogen-bond acceptors (Lipinski definition) is 5. The van der Waals surface area contributed by atoms with E-state index in [1.165, 1.54) is 21.7 Å². The third-order valence-corrected chi connectivity index (χ3v) is 6.90. The topological polar surface area (TPSA) is 34.6 Å². The number of benzene rings is 2. The Morgan fingerprint density at radius 2 is 1.90 bits per heavy atom. The molecule has 1 aromatic heterocycles.